The zero-order valence-electron chi connectivity index (χ0n) is 15.6. The molecule has 1 aliphatic carbocycles. The Hall–Kier alpha value is -2.47. The summed E-state index contributed by atoms with van der Waals surface area (Å²) in [5, 5.41) is 11.9. The van der Waals surface area contributed by atoms with Gasteiger partial charge in [0.05, 0.1) is 18.9 Å². The highest BCUT2D eigenvalue weighted by molar-refractivity contribution is 5.95. The van der Waals surface area contributed by atoms with Crippen LogP contribution in [-0.2, 0) is 4.74 Å². The Balaban J connectivity index is 1.45. The molecule has 1 aromatic heterocycles. The van der Waals surface area contributed by atoms with Gasteiger partial charge in [0, 0.05) is 30.3 Å². The van der Waals surface area contributed by atoms with Crippen molar-refractivity contribution in [3.8, 4) is 11.3 Å². The van der Waals surface area contributed by atoms with E-state index in [1.807, 2.05) is 36.4 Å². The molecule has 6 heteroatoms. The maximum Gasteiger partial charge on any atom is 0.251 e. The number of amides is 1. The molecule has 2 aliphatic rings. The van der Waals surface area contributed by atoms with Gasteiger partial charge in [-0.3, -0.25) is 4.79 Å². The number of nitrogens with zero attached hydrogens (tertiary/aromatic N) is 3. The number of anilines is 1. The lowest BCUT2D eigenvalue weighted by Gasteiger charge is -2.27. The largest absolute Gasteiger partial charge is 0.378 e. The standard InChI is InChI=1S/C21H26N4O2/c26-21(22-18-7-2-1-3-8-18)17-6-4-5-16(15-17)19-9-10-20(24-23-19)25-11-13-27-14-12-25/h4-6,9-10,15,18H,1-3,7-8,11-14H2,(H,22,26). The lowest BCUT2D eigenvalue weighted by Crippen LogP contribution is -2.36. The minimum absolute atomic E-state index is 0.00152. The number of nitrogens with one attached hydrogen (secondary N) is 1. The van der Waals surface area contributed by atoms with Crippen LogP contribution in [0.4, 0.5) is 5.82 Å². The molecule has 1 amide bonds. The first kappa shape index (κ1) is 17.9. The van der Waals surface area contributed by atoms with Gasteiger partial charge in [0.25, 0.3) is 5.91 Å². The van der Waals surface area contributed by atoms with E-state index in [9.17, 15) is 4.79 Å². The molecule has 0 unspecified atom stereocenters. The van der Waals surface area contributed by atoms with Crippen molar-refractivity contribution in [2.24, 2.45) is 0 Å². The quantitative estimate of drug-likeness (QED) is 0.901. The Bertz CT molecular complexity index is 766. The van der Waals surface area contributed by atoms with Gasteiger partial charge >= 0.3 is 0 Å². The van der Waals surface area contributed by atoms with Gasteiger partial charge in [-0.15, -0.1) is 10.2 Å². The second kappa shape index (κ2) is 8.48. The molecule has 1 saturated heterocycles. The van der Waals surface area contributed by atoms with Crippen LogP contribution in [0, 0.1) is 0 Å². The third-order valence-corrected chi connectivity index (χ3v) is 5.35. The number of benzene rings is 1. The van der Waals surface area contributed by atoms with E-state index in [1.165, 1.54) is 19.3 Å². The second-order valence-electron chi connectivity index (χ2n) is 7.27. The zero-order chi connectivity index (χ0) is 18.5. The van der Waals surface area contributed by atoms with Crippen LogP contribution < -0.4 is 10.2 Å². The maximum absolute atomic E-state index is 12.6. The fourth-order valence-electron chi connectivity index (χ4n) is 3.78. The molecule has 0 atom stereocenters. The van der Waals surface area contributed by atoms with Crippen molar-refractivity contribution in [2.45, 2.75) is 38.1 Å². The average Bonchev–Trinajstić information content (AvgIpc) is 2.75. The first-order chi connectivity index (χ1) is 13.3. The van der Waals surface area contributed by atoms with E-state index in [4.69, 9.17) is 4.74 Å². The average molecular weight is 366 g/mol. The molecule has 1 aromatic carbocycles. The number of morpholine rings is 1. The number of aromatic nitrogens is 2. The molecule has 2 heterocycles. The Kier molecular flexibility index (Phi) is 5.63. The lowest BCUT2D eigenvalue weighted by atomic mass is 9.95. The summed E-state index contributed by atoms with van der Waals surface area (Å²) in [4.78, 5) is 14.8. The smallest absolute Gasteiger partial charge is 0.251 e. The summed E-state index contributed by atoms with van der Waals surface area (Å²) >= 11 is 0. The summed E-state index contributed by atoms with van der Waals surface area (Å²) < 4.78 is 5.38. The van der Waals surface area contributed by atoms with Crippen molar-refractivity contribution in [2.75, 3.05) is 31.2 Å². The number of rotatable bonds is 4. The van der Waals surface area contributed by atoms with E-state index < -0.39 is 0 Å². The fourth-order valence-corrected chi connectivity index (χ4v) is 3.78. The molecule has 2 fully saturated rings. The number of carbonyl (C=O) groups is 1. The summed E-state index contributed by atoms with van der Waals surface area (Å²) in [6, 6.07) is 11.9. The molecule has 4 rings (SSSR count). The van der Waals surface area contributed by atoms with Gasteiger partial charge in [-0.25, -0.2) is 0 Å². The van der Waals surface area contributed by atoms with Gasteiger partial charge in [-0.05, 0) is 37.1 Å². The van der Waals surface area contributed by atoms with Crippen molar-refractivity contribution >= 4 is 11.7 Å². The summed E-state index contributed by atoms with van der Waals surface area (Å²) in [7, 11) is 0. The highest BCUT2D eigenvalue weighted by Gasteiger charge is 2.17. The minimum Gasteiger partial charge on any atom is -0.378 e. The Morgan fingerprint density at radius 1 is 1.04 bits per heavy atom. The Morgan fingerprint density at radius 2 is 1.85 bits per heavy atom. The molecule has 6 nitrogen and oxygen atoms in total. The van der Waals surface area contributed by atoms with Crippen LogP contribution in [0.2, 0.25) is 0 Å². The van der Waals surface area contributed by atoms with E-state index >= 15 is 0 Å². The summed E-state index contributed by atoms with van der Waals surface area (Å²) in [5.41, 5.74) is 2.36. The van der Waals surface area contributed by atoms with Crippen LogP contribution in [0.25, 0.3) is 11.3 Å². The highest BCUT2D eigenvalue weighted by atomic mass is 16.5. The van der Waals surface area contributed by atoms with E-state index in [0.717, 1.165) is 56.2 Å². The normalized spacial score (nSPS) is 18.3. The molecule has 1 aliphatic heterocycles. The van der Waals surface area contributed by atoms with Gasteiger partial charge in [0.2, 0.25) is 0 Å². The summed E-state index contributed by atoms with van der Waals surface area (Å²) in [5.74, 6) is 0.870. The lowest BCUT2D eigenvalue weighted by molar-refractivity contribution is 0.0927. The molecule has 142 valence electrons. The SMILES string of the molecule is O=C(NC1CCCCC1)c1cccc(-c2ccc(N3CCOCC3)nn2)c1. The van der Waals surface area contributed by atoms with E-state index in [2.05, 4.69) is 20.4 Å². The van der Waals surface area contributed by atoms with Crippen molar-refractivity contribution in [1.82, 2.24) is 15.5 Å². The van der Waals surface area contributed by atoms with E-state index in [1.54, 1.807) is 0 Å². The van der Waals surface area contributed by atoms with Crippen LogP contribution in [0.15, 0.2) is 36.4 Å². The van der Waals surface area contributed by atoms with Gasteiger partial charge < -0.3 is 15.0 Å². The van der Waals surface area contributed by atoms with E-state index in [0.29, 0.717) is 11.6 Å². The first-order valence-corrected chi connectivity index (χ1v) is 9.87. The monoisotopic (exact) mass is 366 g/mol. The van der Waals surface area contributed by atoms with Crippen LogP contribution in [0.3, 0.4) is 0 Å². The molecule has 0 radical (unpaired) electrons. The van der Waals surface area contributed by atoms with Gasteiger partial charge in [0.15, 0.2) is 5.82 Å². The predicted octanol–water partition coefficient (Wildman–Crippen LogP) is 3.04. The summed E-state index contributed by atoms with van der Waals surface area (Å²) in [6.07, 6.45) is 5.85. The number of ether oxygens (including phenoxy) is 1. The molecule has 1 saturated carbocycles. The molecule has 2 aromatic rings. The molecule has 0 bridgehead atoms. The fraction of sp³-hybridized carbons (Fsp3) is 0.476. The summed E-state index contributed by atoms with van der Waals surface area (Å²) in [6.45, 7) is 3.12. The molecular formula is C21H26N4O2. The topological polar surface area (TPSA) is 67.4 Å². The maximum atomic E-state index is 12.6. The Labute approximate surface area is 159 Å². The highest BCUT2D eigenvalue weighted by Crippen LogP contribution is 2.21. The molecule has 1 N–H and O–H groups in total. The van der Waals surface area contributed by atoms with Crippen LogP contribution in [-0.4, -0.2) is 48.4 Å². The van der Waals surface area contributed by atoms with Crippen molar-refractivity contribution in [1.29, 1.82) is 0 Å². The number of hydrogen-bond donors (Lipinski definition) is 1. The van der Waals surface area contributed by atoms with Crippen molar-refractivity contribution in [3.63, 3.8) is 0 Å². The number of hydrogen-bond acceptors (Lipinski definition) is 5. The van der Waals surface area contributed by atoms with Crippen LogP contribution in [0.1, 0.15) is 42.5 Å². The molecular weight excluding hydrogens is 340 g/mol. The Morgan fingerprint density at radius 3 is 2.59 bits per heavy atom. The van der Waals surface area contributed by atoms with Gasteiger partial charge in [-0.2, -0.15) is 0 Å². The predicted molar refractivity (Wildman–Crippen MR) is 105 cm³/mol. The third kappa shape index (κ3) is 4.45. The minimum atomic E-state index is 0.00152. The molecule has 0 spiro atoms. The van der Waals surface area contributed by atoms with Crippen molar-refractivity contribution < 1.29 is 9.53 Å². The zero-order valence-corrected chi connectivity index (χ0v) is 15.6. The first-order valence-electron chi connectivity index (χ1n) is 9.87. The van der Waals surface area contributed by atoms with Crippen LogP contribution >= 0.6 is 0 Å². The molecule has 27 heavy (non-hydrogen) atoms. The van der Waals surface area contributed by atoms with Gasteiger partial charge in [0.1, 0.15) is 0 Å². The second-order valence-corrected chi connectivity index (χ2v) is 7.27. The van der Waals surface area contributed by atoms with Crippen LogP contribution in [0.5, 0.6) is 0 Å². The van der Waals surface area contributed by atoms with E-state index in [-0.39, 0.29) is 5.91 Å². The van der Waals surface area contributed by atoms with Crippen molar-refractivity contribution in [3.05, 3.63) is 42.0 Å². The third-order valence-electron chi connectivity index (χ3n) is 5.35. The van der Waals surface area contributed by atoms with Gasteiger partial charge in [-0.1, -0.05) is 31.4 Å². The number of carbonyl (C=O) groups excluding carboxylic acids is 1.